The van der Waals surface area contributed by atoms with E-state index in [1.165, 1.54) is 0 Å². The Morgan fingerprint density at radius 2 is 2.37 bits per heavy atom. The molecule has 0 aromatic heterocycles. The molecule has 1 aromatic rings. The summed E-state index contributed by atoms with van der Waals surface area (Å²) in [6.45, 7) is 5.14. The van der Waals surface area contributed by atoms with Crippen molar-refractivity contribution in [2.24, 2.45) is 5.92 Å². The Kier molecular flexibility index (Phi) is 5.65. The van der Waals surface area contributed by atoms with Gasteiger partial charge in [-0.2, -0.15) is 0 Å². The van der Waals surface area contributed by atoms with Gasteiger partial charge in [-0.15, -0.1) is 0 Å². The van der Waals surface area contributed by atoms with Gasteiger partial charge in [-0.05, 0) is 70.1 Å². The van der Waals surface area contributed by atoms with E-state index in [0.29, 0.717) is 5.92 Å². The van der Waals surface area contributed by atoms with Gasteiger partial charge in [0.15, 0.2) is 0 Å². The number of carbonyl (C=O) groups is 1. The summed E-state index contributed by atoms with van der Waals surface area (Å²) in [7, 11) is 0. The fraction of sp³-hybridized carbons (Fsp3) is 0.500. The fourth-order valence-corrected chi connectivity index (χ4v) is 3.13. The molecule has 1 aliphatic heterocycles. The van der Waals surface area contributed by atoms with Gasteiger partial charge in [0.25, 0.3) is 5.91 Å². The van der Waals surface area contributed by atoms with Gasteiger partial charge in [0.2, 0.25) is 0 Å². The Morgan fingerprint density at radius 1 is 1.58 bits per heavy atom. The number of nitrogens with zero attached hydrogens (tertiary/aromatic N) is 1. The van der Waals surface area contributed by atoms with Crippen molar-refractivity contribution in [2.45, 2.75) is 13.3 Å². The average molecular weight is 438 g/mol. The lowest BCUT2D eigenvalue weighted by atomic mass is 10.1. The van der Waals surface area contributed by atoms with Crippen LogP contribution < -0.4 is 0 Å². The molecular weight excluding hydrogens is 421 g/mol. The first-order chi connectivity index (χ1) is 9.11. The molecule has 1 amide bonds. The predicted molar refractivity (Wildman–Crippen MR) is 87.4 cm³/mol. The van der Waals surface area contributed by atoms with Crippen molar-refractivity contribution in [2.75, 3.05) is 26.3 Å². The highest BCUT2D eigenvalue weighted by atomic mass is 127. The van der Waals surface area contributed by atoms with E-state index >= 15 is 0 Å². The summed E-state index contributed by atoms with van der Waals surface area (Å²) in [5.41, 5.74) is 0.743. The van der Waals surface area contributed by atoms with E-state index in [1.807, 2.05) is 30.0 Å². The quantitative estimate of drug-likeness (QED) is 0.674. The maximum absolute atomic E-state index is 12.6. The van der Waals surface area contributed by atoms with Crippen LogP contribution in [0.25, 0.3) is 0 Å². The van der Waals surface area contributed by atoms with Gasteiger partial charge in [0, 0.05) is 33.7 Å². The Balaban J connectivity index is 2.12. The van der Waals surface area contributed by atoms with Crippen LogP contribution in [-0.4, -0.2) is 37.1 Å². The second-order valence-electron chi connectivity index (χ2n) is 4.70. The third-order valence-corrected chi connectivity index (χ3v) is 4.69. The van der Waals surface area contributed by atoms with Gasteiger partial charge >= 0.3 is 0 Å². The molecule has 0 aliphatic carbocycles. The monoisotopic (exact) mass is 437 g/mol. The molecule has 2 rings (SSSR count). The molecule has 5 heteroatoms. The lowest BCUT2D eigenvalue weighted by molar-refractivity contribution is 0.0730. The van der Waals surface area contributed by atoms with E-state index in [1.54, 1.807) is 0 Å². The van der Waals surface area contributed by atoms with E-state index in [4.69, 9.17) is 4.74 Å². The van der Waals surface area contributed by atoms with Gasteiger partial charge in [-0.25, -0.2) is 0 Å². The van der Waals surface area contributed by atoms with E-state index in [9.17, 15) is 4.79 Å². The van der Waals surface area contributed by atoms with Crippen LogP contribution in [0.2, 0.25) is 0 Å². The van der Waals surface area contributed by atoms with Crippen LogP contribution in [0, 0.1) is 9.49 Å². The normalized spacial score (nSPS) is 18.6. The molecule has 1 atom stereocenters. The molecule has 0 radical (unpaired) electrons. The number of benzene rings is 1. The first-order valence-electron chi connectivity index (χ1n) is 6.44. The SMILES string of the molecule is CCN(CC1CCOC1)C(=O)c1cc(I)ccc1Br. The minimum atomic E-state index is 0.0970. The molecular formula is C14H17BrINO2. The van der Waals surface area contributed by atoms with Gasteiger partial charge < -0.3 is 9.64 Å². The summed E-state index contributed by atoms with van der Waals surface area (Å²) in [4.78, 5) is 14.5. The summed E-state index contributed by atoms with van der Waals surface area (Å²) >= 11 is 5.70. The minimum Gasteiger partial charge on any atom is -0.381 e. The third-order valence-electron chi connectivity index (χ3n) is 3.33. The van der Waals surface area contributed by atoms with Crippen LogP contribution >= 0.6 is 38.5 Å². The van der Waals surface area contributed by atoms with Crippen LogP contribution in [0.4, 0.5) is 0 Å². The van der Waals surface area contributed by atoms with Crippen LogP contribution in [-0.2, 0) is 4.74 Å². The predicted octanol–water partition coefficient (Wildman–Crippen LogP) is 3.55. The molecule has 1 fully saturated rings. The molecule has 1 aromatic carbocycles. The summed E-state index contributed by atoms with van der Waals surface area (Å²) in [6, 6.07) is 5.85. The van der Waals surface area contributed by atoms with Crippen LogP contribution in [0.3, 0.4) is 0 Å². The van der Waals surface area contributed by atoms with Crippen molar-refractivity contribution in [1.29, 1.82) is 0 Å². The minimum absolute atomic E-state index is 0.0970. The highest BCUT2D eigenvalue weighted by molar-refractivity contribution is 14.1. The zero-order chi connectivity index (χ0) is 13.8. The van der Waals surface area contributed by atoms with E-state index in [2.05, 4.69) is 38.5 Å². The van der Waals surface area contributed by atoms with E-state index < -0.39 is 0 Å². The van der Waals surface area contributed by atoms with Gasteiger partial charge in [-0.3, -0.25) is 4.79 Å². The van der Waals surface area contributed by atoms with Crippen molar-refractivity contribution in [3.8, 4) is 0 Å². The van der Waals surface area contributed by atoms with Crippen molar-refractivity contribution < 1.29 is 9.53 Å². The van der Waals surface area contributed by atoms with Crippen LogP contribution in [0.15, 0.2) is 22.7 Å². The molecule has 0 saturated carbocycles. The largest absolute Gasteiger partial charge is 0.381 e. The topological polar surface area (TPSA) is 29.5 Å². The lowest BCUT2D eigenvalue weighted by Gasteiger charge is -2.24. The van der Waals surface area contributed by atoms with Crippen LogP contribution in [0.5, 0.6) is 0 Å². The zero-order valence-corrected chi connectivity index (χ0v) is 14.6. The number of halogens is 2. The molecule has 1 aliphatic rings. The molecule has 1 saturated heterocycles. The standard InChI is InChI=1S/C14H17BrINO2/c1-2-17(8-10-5-6-19-9-10)14(18)12-7-11(16)3-4-13(12)15/h3-4,7,10H,2,5-6,8-9H2,1H3. The summed E-state index contributed by atoms with van der Waals surface area (Å²) < 4.78 is 7.32. The second kappa shape index (κ2) is 7.04. The highest BCUT2D eigenvalue weighted by Crippen LogP contribution is 2.22. The fourth-order valence-electron chi connectivity index (χ4n) is 2.23. The van der Waals surface area contributed by atoms with Crippen molar-refractivity contribution >= 4 is 44.4 Å². The molecule has 0 bridgehead atoms. The molecule has 0 spiro atoms. The summed E-state index contributed by atoms with van der Waals surface area (Å²) in [5.74, 6) is 0.574. The maximum Gasteiger partial charge on any atom is 0.255 e. The Labute approximate surface area is 136 Å². The molecule has 19 heavy (non-hydrogen) atoms. The number of carbonyl (C=O) groups excluding carboxylic acids is 1. The maximum atomic E-state index is 12.6. The summed E-state index contributed by atoms with van der Waals surface area (Å²) in [5, 5.41) is 0. The Morgan fingerprint density at radius 3 is 3.00 bits per heavy atom. The van der Waals surface area contributed by atoms with Gasteiger partial charge in [0.05, 0.1) is 12.2 Å². The molecule has 0 N–H and O–H groups in total. The molecule has 1 unspecified atom stereocenters. The van der Waals surface area contributed by atoms with Gasteiger partial charge in [-0.1, -0.05) is 0 Å². The molecule has 104 valence electrons. The van der Waals surface area contributed by atoms with Crippen LogP contribution in [0.1, 0.15) is 23.7 Å². The smallest absolute Gasteiger partial charge is 0.255 e. The van der Waals surface area contributed by atoms with E-state index in [0.717, 1.165) is 46.3 Å². The van der Waals surface area contributed by atoms with Crippen molar-refractivity contribution in [3.63, 3.8) is 0 Å². The van der Waals surface area contributed by atoms with E-state index in [-0.39, 0.29) is 5.91 Å². The second-order valence-corrected chi connectivity index (χ2v) is 6.80. The number of amides is 1. The average Bonchev–Trinajstić information content (AvgIpc) is 2.91. The molecule has 1 heterocycles. The first-order valence-corrected chi connectivity index (χ1v) is 8.31. The summed E-state index contributed by atoms with van der Waals surface area (Å²) in [6.07, 6.45) is 1.05. The number of rotatable bonds is 4. The third kappa shape index (κ3) is 3.92. The number of hydrogen-bond donors (Lipinski definition) is 0. The number of ether oxygens (including phenoxy) is 1. The highest BCUT2D eigenvalue weighted by Gasteiger charge is 2.23. The number of hydrogen-bond acceptors (Lipinski definition) is 2. The lowest BCUT2D eigenvalue weighted by Crippen LogP contribution is -2.35. The zero-order valence-electron chi connectivity index (χ0n) is 10.9. The van der Waals surface area contributed by atoms with Crippen molar-refractivity contribution in [3.05, 3.63) is 31.8 Å². The Hall–Kier alpha value is -0.140. The molecule has 3 nitrogen and oxygen atoms in total. The van der Waals surface area contributed by atoms with Crippen molar-refractivity contribution in [1.82, 2.24) is 4.90 Å². The van der Waals surface area contributed by atoms with Gasteiger partial charge in [0.1, 0.15) is 0 Å². The Bertz CT molecular complexity index is 461. The first kappa shape index (κ1) is 15.3.